The first-order valence-corrected chi connectivity index (χ1v) is 5.14. The smallest absolute Gasteiger partial charge is 0.345 e. The maximum atomic E-state index is 10.7. The van der Waals surface area contributed by atoms with E-state index in [9.17, 15) is 4.79 Å². The van der Waals surface area contributed by atoms with E-state index >= 15 is 0 Å². The summed E-state index contributed by atoms with van der Waals surface area (Å²) in [6, 6.07) is 1.81. The average molecular weight is 197 g/mol. The first-order chi connectivity index (χ1) is 6.27. The molecule has 0 bridgehead atoms. The topological polar surface area (TPSA) is 49.3 Å². The van der Waals surface area contributed by atoms with Crippen molar-refractivity contribution >= 4 is 17.3 Å². The minimum Gasteiger partial charge on any atom is -0.477 e. The summed E-state index contributed by atoms with van der Waals surface area (Å²) in [4.78, 5) is 12.4. The zero-order valence-electron chi connectivity index (χ0n) is 7.17. The number of carbonyl (C=O) groups is 1. The second-order valence-corrected chi connectivity index (χ2v) is 4.28. The predicted molar refractivity (Wildman–Crippen MR) is 51.3 cm³/mol. The molecule has 1 aromatic heterocycles. The van der Waals surface area contributed by atoms with Crippen molar-refractivity contribution in [1.82, 2.24) is 5.32 Å². The first-order valence-electron chi connectivity index (χ1n) is 4.33. The average Bonchev–Trinajstić information content (AvgIpc) is 2.38. The molecule has 0 aliphatic carbocycles. The molecule has 1 aromatic rings. The Morgan fingerprint density at radius 2 is 2.46 bits per heavy atom. The van der Waals surface area contributed by atoms with Gasteiger partial charge in [0.05, 0.1) is 0 Å². The molecule has 0 saturated carbocycles. The van der Waals surface area contributed by atoms with Gasteiger partial charge in [0.25, 0.3) is 0 Å². The van der Waals surface area contributed by atoms with Crippen molar-refractivity contribution in [2.24, 2.45) is 0 Å². The van der Waals surface area contributed by atoms with E-state index in [0.717, 1.165) is 25.9 Å². The van der Waals surface area contributed by atoms with Crippen LogP contribution < -0.4 is 5.32 Å². The molecular formula is C9H11NO2S. The first kappa shape index (κ1) is 8.72. The van der Waals surface area contributed by atoms with Crippen LogP contribution in [-0.4, -0.2) is 17.6 Å². The Morgan fingerprint density at radius 1 is 1.62 bits per heavy atom. The maximum absolute atomic E-state index is 10.7. The highest BCUT2D eigenvalue weighted by molar-refractivity contribution is 7.14. The van der Waals surface area contributed by atoms with Gasteiger partial charge in [0.2, 0.25) is 0 Å². The van der Waals surface area contributed by atoms with E-state index in [0.29, 0.717) is 4.88 Å². The number of hydrogen-bond donors (Lipinski definition) is 2. The third-order valence-electron chi connectivity index (χ3n) is 2.19. The molecule has 3 nitrogen and oxygen atoms in total. The van der Waals surface area contributed by atoms with Crippen molar-refractivity contribution in [1.29, 1.82) is 0 Å². The molecule has 0 aromatic carbocycles. The highest BCUT2D eigenvalue weighted by Gasteiger charge is 2.14. The minimum absolute atomic E-state index is 0.466. The second kappa shape index (κ2) is 3.47. The summed E-state index contributed by atoms with van der Waals surface area (Å²) < 4.78 is 0. The maximum Gasteiger partial charge on any atom is 0.345 e. The van der Waals surface area contributed by atoms with Gasteiger partial charge in [-0.2, -0.15) is 0 Å². The molecule has 0 amide bonds. The molecule has 0 radical (unpaired) electrons. The lowest BCUT2D eigenvalue weighted by Crippen LogP contribution is -2.11. The van der Waals surface area contributed by atoms with Crippen LogP contribution >= 0.6 is 11.3 Å². The number of rotatable bonds is 1. The minimum atomic E-state index is -0.807. The van der Waals surface area contributed by atoms with Gasteiger partial charge >= 0.3 is 5.97 Å². The number of aromatic carboxylic acids is 1. The Kier molecular flexibility index (Phi) is 2.33. The van der Waals surface area contributed by atoms with Gasteiger partial charge in [0.15, 0.2) is 0 Å². The zero-order valence-corrected chi connectivity index (χ0v) is 7.99. The van der Waals surface area contributed by atoms with Crippen molar-refractivity contribution in [2.45, 2.75) is 19.4 Å². The molecule has 2 heterocycles. The highest BCUT2D eigenvalue weighted by Crippen LogP contribution is 2.25. The molecule has 0 saturated heterocycles. The largest absolute Gasteiger partial charge is 0.477 e. The predicted octanol–water partition coefficient (Wildman–Crippen LogP) is 1.48. The Hall–Kier alpha value is -0.870. The number of fused-ring (bicyclic) bond motifs is 1. The summed E-state index contributed by atoms with van der Waals surface area (Å²) >= 11 is 1.39. The molecule has 1 aliphatic heterocycles. The molecule has 0 fully saturated rings. The summed E-state index contributed by atoms with van der Waals surface area (Å²) in [5, 5.41) is 12.1. The van der Waals surface area contributed by atoms with Crippen LogP contribution in [0.25, 0.3) is 0 Å². The third-order valence-corrected chi connectivity index (χ3v) is 3.36. The van der Waals surface area contributed by atoms with Gasteiger partial charge in [-0.25, -0.2) is 4.79 Å². The summed E-state index contributed by atoms with van der Waals surface area (Å²) in [7, 11) is 0. The highest BCUT2D eigenvalue weighted by atomic mass is 32.1. The number of carboxylic acid groups (broad SMARTS) is 1. The van der Waals surface area contributed by atoms with Crippen LogP contribution in [0.3, 0.4) is 0 Å². The van der Waals surface area contributed by atoms with E-state index in [-0.39, 0.29) is 0 Å². The van der Waals surface area contributed by atoms with E-state index < -0.39 is 5.97 Å². The van der Waals surface area contributed by atoms with Crippen LogP contribution in [0.4, 0.5) is 0 Å². The molecule has 2 N–H and O–H groups in total. The molecule has 4 heteroatoms. The summed E-state index contributed by atoms with van der Waals surface area (Å²) in [6.07, 6.45) is 2.11. The van der Waals surface area contributed by atoms with Gasteiger partial charge in [-0.05, 0) is 31.0 Å². The van der Waals surface area contributed by atoms with Crippen LogP contribution in [0.15, 0.2) is 6.07 Å². The molecule has 0 unspecified atom stereocenters. The zero-order chi connectivity index (χ0) is 9.26. The van der Waals surface area contributed by atoms with Gasteiger partial charge in [0.1, 0.15) is 4.88 Å². The third kappa shape index (κ3) is 1.73. The monoisotopic (exact) mass is 197 g/mol. The van der Waals surface area contributed by atoms with Crippen molar-refractivity contribution in [3.05, 3.63) is 21.4 Å². The van der Waals surface area contributed by atoms with Gasteiger partial charge < -0.3 is 10.4 Å². The number of hydrogen-bond acceptors (Lipinski definition) is 3. The number of nitrogens with one attached hydrogen (secondary N) is 1. The summed E-state index contributed by atoms with van der Waals surface area (Å²) in [6.45, 7) is 1.86. The van der Waals surface area contributed by atoms with Crippen molar-refractivity contribution in [3.63, 3.8) is 0 Å². The van der Waals surface area contributed by atoms with Crippen LogP contribution in [0.5, 0.6) is 0 Å². The molecule has 13 heavy (non-hydrogen) atoms. The van der Waals surface area contributed by atoms with Crippen molar-refractivity contribution in [2.75, 3.05) is 6.54 Å². The van der Waals surface area contributed by atoms with Gasteiger partial charge in [-0.3, -0.25) is 0 Å². The number of aryl methyl sites for hydroxylation is 1. The standard InChI is InChI=1S/C9H11NO2S/c11-9(12)7-4-6-2-1-3-10-5-8(6)13-7/h4,10H,1-3,5H2,(H,11,12). The lowest BCUT2D eigenvalue weighted by molar-refractivity contribution is 0.0702. The van der Waals surface area contributed by atoms with E-state index in [4.69, 9.17) is 5.11 Å². The van der Waals surface area contributed by atoms with Crippen LogP contribution in [0.2, 0.25) is 0 Å². The number of carboxylic acids is 1. The van der Waals surface area contributed by atoms with E-state index in [1.54, 1.807) is 0 Å². The normalized spacial score (nSPS) is 16.3. The fourth-order valence-corrected chi connectivity index (χ4v) is 2.56. The lowest BCUT2D eigenvalue weighted by Gasteiger charge is -1.95. The fourth-order valence-electron chi connectivity index (χ4n) is 1.54. The Labute approximate surface area is 80.4 Å². The Morgan fingerprint density at radius 3 is 3.23 bits per heavy atom. The molecule has 0 atom stereocenters. The number of thiophene rings is 1. The van der Waals surface area contributed by atoms with Crippen LogP contribution in [-0.2, 0) is 13.0 Å². The summed E-state index contributed by atoms with van der Waals surface area (Å²) in [5.74, 6) is -0.807. The van der Waals surface area contributed by atoms with Crippen molar-refractivity contribution < 1.29 is 9.90 Å². The Balaban J connectivity index is 2.32. The van der Waals surface area contributed by atoms with Gasteiger partial charge in [-0.1, -0.05) is 0 Å². The SMILES string of the molecule is O=C(O)c1cc2c(s1)CNCCC2. The van der Waals surface area contributed by atoms with Crippen LogP contribution in [0.1, 0.15) is 26.5 Å². The van der Waals surface area contributed by atoms with E-state index in [1.165, 1.54) is 21.8 Å². The molecule has 70 valence electrons. The van der Waals surface area contributed by atoms with E-state index in [2.05, 4.69) is 5.32 Å². The Bertz CT molecular complexity index is 309. The molecule has 2 rings (SSSR count). The van der Waals surface area contributed by atoms with Crippen LogP contribution in [0, 0.1) is 0 Å². The molecule has 0 spiro atoms. The molecular weight excluding hydrogens is 186 g/mol. The second-order valence-electron chi connectivity index (χ2n) is 3.14. The fraction of sp³-hybridized carbons (Fsp3) is 0.444. The lowest BCUT2D eigenvalue weighted by atomic mass is 10.1. The van der Waals surface area contributed by atoms with Gasteiger partial charge in [-0.15, -0.1) is 11.3 Å². The quantitative estimate of drug-likeness (QED) is 0.717. The summed E-state index contributed by atoms with van der Waals surface area (Å²) in [5.41, 5.74) is 1.22. The molecule has 1 aliphatic rings. The van der Waals surface area contributed by atoms with Gasteiger partial charge in [0, 0.05) is 11.4 Å². The van der Waals surface area contributed by atoms with E-state index in [1.807, 2.05) is 6.07 Å². The van der Waals surface area contributed by atoms with Crippen molar-refractivity contribution in [3.8, 4) is 0 Å².